The molecule has 4 atom stereocenters. The average Bonchev–Trinajstić information content (AvgIpc) is 2.85. The van der Waals surface area contributed by atoms with Gasteiger partial charge in [-0.1, -0.05) is 13.3 Å². The number of amides is 2. The zero-order valence-electron chi connectivity index (χ0n) is 23.7. The second-order valence-electron chi connectivity index (χ2n) is 11.1. The number of rotatable bonds is 7. The molecule has 0 heterocycles. The molecule has 0 saturated heterocycles. The Balaban J connectivity index is 1.94. The van der Waals surface area contributed by atoms with E-state index < -0.39 is 58.2 Å². The van der Waals surface area contributed by atoms with Gasteiger partial charge in [-0.15, -0.1) is 0 Å². The second kappa shape index (κ2) is 10.7. The molecule has 0 bridgehead atoms. The fraction of sp³-hybridized carbons (Fsp3) is 0.517. The number of hydrogen-bond acceptors (Lipinski definition) is 10. The molecule has 3 aliphatic carbocycles. The third kappa shape index (κ3) is 4.46. The first-order valence-electron chi connectivity index (χ1n) is 13.4. The van der Waals surface area contributed by atoms with E-state index in [-0.39, 0.29) is 17.8 Å². The predicted octanol–water partition coefficient (Wildman–Crippen LogP) is 1.68. The van der Waals surface area contributed by atoms with E-state index in [4.69, 9.17) is 4.74 Å². The highest BCUT2D eigenvalue weighted by atomic mass is 16.5. The molecule has 4 rings (SSSR count). The maximum Gasteiger partial charge on any atom is 0.265 e. The molecule has 1 aromatic rings. The summed E-state index contributed by atoms with van der Waals surface area (Å²) in [6, 6.07) is 2.47. The molecule has 0 aromatic heterocycles. The lowest BCUT2D eigenvalue weighted by Crippen LogP contribution is -2.66. The van der Waals surface area contributed by atoms with Gasteiger partial charge < -0.3 is 25.0 Å². The minimum absolute atomic E-state index is 0.0646. The number of carbonyl (C=O) groups excluding carboxylic acids is 4. The van der Waals surface area contributed by atoms with E-state index in [9.17, 15) is 34.5 Å². The van der Waals surface area contributed by atoms with Crippen molar-refractivity contribution >= 4 is 34.8 Å². The zero-order valence-corrected chi connectivity index (χ0v) is 23.7. The fourth-order valence-electron chi connectivity index (χ4n) is 6.28. The van der Waals surface area contributed by atoms with Crippen LogP contribution in [-0.4, -0.2) is 90.0 Å². The Morgan fingerprint density at radius 1 is 1.15 bits per heavy atom. The molecule has 3 aliphatic rings. The molecular formula is C29H37N3O8. The van der Waals surface area contributed by atoms with Gasteiger partial charge in [-0.2, -0.15) is 0 Å². The van der Waals surface area contributed by atoms with Crippen molar-refractivity contribution in [1.82, 2.24) is 10.2 Å². The second-order valence-corrected chi connectivity index (χ2v) is 11.1. The maximum absolute atomic E-state index is 14.2. The van der Waals surface area contributed by atoms with Crippen LogP contribution in [-0.2, 0) is 25.6 Å². The summed E-state index contributed by atoms with van der Waals surface area (Å²) in [4.78, 5) is 55.4. The number of likely N-dealkylation sites (N-methyl/N-ethyl adjacent to an activating group) is 1. The first kappa shape index (κ1) is 29.3. The molecule has 216 valence electrons. The van der Waals surface area contributed by atoms with Crippen molar-refractivity contribution in [2.45, 2.75) is 51.2 Å². The van der Waals surface area contributed by atoms with Crippen LogP contribution in [0.1, 0.15) is 44.2 Å². The van der Waals surface area contributed by atoms with Crippen molar-refractivity contribution < 1.29 is 39.2 Å². The number of benzene rings is 1. The van der Waals surface area contributed by atoms with Gasteiger partial charge in [-0.3, -0.25) is 29.4 Å². The van der Waals surface area contributed by atoms with E-state index in [0.29, 0.717) is 24.3 Å². The molecule has 0 spiro atoms. The molecule has 1 aromatic carbocycles. The van der Waals surface area contributed by atoms with E-state index in [1.54, 1.807) is 20.2 Å². The van der Waals surface area contributed by atoms with Crippen molar-refractivity contribution in [1.29, 1.82) is 0 Å². The van der Waals surface area contributed by atoms with Gasteiger partial charge in [0.2, 0.25) is 11.7 Å². The van der Waals surface area contributed by atoms with Crippen LogP contribution >= 0.6 is 0 Å². The average molecular weight is 556 g/mol. The first-order chi connectivity index (χ1) is 18.8. The van der Waals surface area contributed by atoms with Gasteiger partial charge in [0.1, 0.15) is 22.8 Å². The number of nitrogens with one attached hydrogen (secondary N) is 1. The quantitative estimate of drug-likeness (QED) is 0.288. The van der Waals surface area contributed by atoms with Crippen molar-refractivity contribution in [2.24, 2.45) is 11.8 Å². The number of Topliss-reactive ketones (excluding diaryl/α,β-unsaturated/α-hetero) is 2. The highest BCUT2D eigenvalue weighted by molar-refractivity contribution is 6.26. The van der Waals surface area contributed by atoms with E-state index in [2.05, 4.69) is 0 Å². The Hall–Kier alpha value is -3.70. The van der Waals surface area contributed by atoms with Crippen LogP contribution in [0.15, 0.2) is 29.0 Å². The van der Waals surface area contributed by atoms with Gasteiger partial charge in [-0.05, 0) is 57.0 Å². The van der Waals surface area contributed by atoms with Gasteiger partial charge in [0.05, 0.1) is 18.2 Å². The predicted molar refractivity (Wildman–Crippen MR) is 147 cm³/mol. The van der Waals surface area contributed by atoms with Crippen LogP contribution < -0.4 is 15.0 Å². The number of hydrogen-bond donors (Lipinski definition) is 4. The van der Waals surface area contributed by atoms with E-state index in [1.165, 1.54) is 4.90 Å². The molecule has 2 amide bonds. The Kier molecular flexibility index (Phi) is 7.83. The molecular weight excluding hydrogens is 518 g/mol. The summed E-state index contributed by atoms with van der Waals surface area (Å²) < 4.78 is 5.98. The van der Waals surface area contributed by atoms with Crippen molar-refractivity contribution in [3.8, 4) is 5.75 Å². The standard InChI is InChI=1S/C29H37N3O8/c1-7-8-11-40-19-10-9-18(31(3)4)16-12-15-13-17-23(32(5)6)25(35)22(28(38)30-14(2)33)27(37)29(17,39)26(36)20(15)24(34)21(16)19/h9-10,15,17,23,34,37,39H,7-8,11-13H2,1-6H3,(H,30,33,38)/t15-,17-,23?,29-/m0/s1. The molecule has 40 heavy (non-hydrogen) atoms. The normalized spacial score (nSPS) is 25.9. The number of nitrogens with zero attached hydrogens (tertiary/aromatic N) is 2. The number of carbonyl (C=O) groups is 4. The smallest absolute Gasteiger partial charge is 0.265 e. The number of anilines is 1. The lowest BCUT2D eigenvalue weighted by molar-refractivity contribution is -0.153. The van der Waals surface area contributed by atoms with Crippen LogP contribution in [0.2, 0.25) is 0 Å². The van der Waals surface area contributed by atoms with Gasteiger partial charge >= 0.3 is 0 Å². The third-order valence-electron chi connectivity index (χ3n) is 8.07. The molecule has 1 fully saturated rings. The number of imide groups is 1. The molecule has 4 N–H and O–H groups in total. The molecule has 1 saturated carbocycles. The number of aliphatic hydroxyl groups is 3. The molecule has 11 heteroatoms. The molecule has 11 nitrogen and oxygen atoms in total. The van der Waals surface area contributed by atoms with Gasteiger partial charge in [0.15, 0.2) is 11.4 Å². The summed E-state index contributed by atoms with van der Waals surface area (Å²) in [7, 11) is 6.87. The minimum atomic E-state index is -2.67. The fourth-order valence-corrected chi connectivity index (χ4v) is 6.28. The largest absolute Gasteiger partial charge is 0.508 e. The minimum Gasteiger partial charge on any atom is -0.508 e. The summed E-state index contributed by atoms with van der Waals surface area (Å²) >= 11 is 0. The van der Waals surface area contributed by atoms with Crippen LogP contribution in [0.5, 0.6) is 5.75 Å². The Bertz CT molecular complexity index is 1340. The van der Waals surface area contributed by atoms with Gasteiger partial charge in [0.25, 0.3) is 5.91 Å². The zero-order chi connectivity index (χ0) is 29.7. The summed E-state index contributed by atoms with van der Waals surface area (Å²) in [5.41, 5.74) is -1.68. The van der Waals surface area contributed by atoms with E-state index >= 15 is 0 Å². The lowest BCUT2D eigenvalue weighted by atomic mass is 9.57. The van der Waals surface area contributed by atoms with Crippen molar-refractivity contribution in [2.75, 3.05) is 39.7 Å². The third-order valence-corrected chi connectivity index (χ3v) is 8.07. The van der Waals surface area contributed by atoms with Crippen LogP contribution in [0.4, 0.5) is 5.69 Å². The summed E-state index contributed by atoms with van der Waals surface area (Å²) in [5, 5.41) is 36.7. The number of ketones is 2. The number of fused-ring (bicyclic) bond motifs is 3. The summed E-state index contributed by atoms with van der Waals surface area (Å²) in [6.45, 7) is 3.49. The first-order valence-corrected chi connectivity index (χ1v) is 13.4. The van der Waals surface area contributed by atoms with Crippen LogP contribution in [0.3, 0.4) is 0 Å². The van der Waals surface area contributed by atoms with Crippen LogP contribution in [0.25, 0.3) is 5.76 Å². The SMILES string of the molecule is CCCCOc1ccc(N(C)C)c2c1C(O)=C1C(=O)[C@]3(O)C(O)=C(C(=O)NC(C)=O)C(=O)C(N(C)C)[C@@H]3C[C@@H]1C2. The van der Waals surface area contributed by atoms with E-state index in [1.807, 2.05) is 37.3 Å². The Labute approximate surface area is 233 Å². The molecule has 0 aliphatic heterocycles. The summed E-state index contributed by atoms with van der Waals surface area (Å²) in [5.74, 6) is -6.57. The summed E-state index contributed by atoms with van der Waals surface area (Å²) in [6.07, 6.45) is 2.07. The Morgan fingerprint density at radius 2 is 1.82 bits per heavy atom. The Morgan fingerprint density at radius 3 is 2.40 bits per heavy atom. The highest BCUT2D eigenvalue weighted by Gasteiger charge is 2.64. The van der Waals surface area contributed by atoms with E-state index in [0.717, 1.165) is 31.0 Å². The molecule has 0 radical (unpaired) electrons. The molecule has 1 unspecified atom stereocenters. The monoisotopic (exact) mass is 555 g/mol. The maximum atomic E-state index is 14.2. The van der Waals surface area contributed by atoms with Gasteiger partial charge in [-0.25, -0.2) is 0 Å². The van der Waals surface area contributed by atoms with Crippen molar-refractivity contribution in [3.63, 3.8) is 0 Å². The van der Waals surface area contributed by atoms with Crippen LogP contribution in [0, 0.1) is 11.8 Å². The number of ether oxygens (including phenoxy) is 1. The number of unbranched alkanes of at least 4 members (excludes halogenated alkanes) is 1. The lowest BCUT2D eigenvalue weighted by Gasteiger charge is -2.50. The highest BCUT2D eigenvalue weighted by Crippen LogP contribution is 2.53. The topological polar surface area (TPSA) is 157 Å². The number of aliphatic hydroxyl groups excluding tert-OH is 2. The van der Waals surface area contributed by atoms with Crippen molar-refractivity contribution in [3.05, 3.63) is 40.2 Å². The van der Waals surface area contributed by atoms with Gasteiger partial charge in [0, 0.05) is 38.2 Å².